The zero-order valence-electron chi connectivity index (χ0n) is 12.7. The highest BCUT2D eigenvalue weighted by Gasteiger charge is 2.31. The van der Waals surface area contributed by atoms with Crippen molar-refractivity contribution in [1.29, 1.82) is 0 Å². The van der Waals surface area contributed by atoms with Gasteiger partial charge in [0.15, 0.2) is 0 Å². The van der Waals surface area contributed by atoms with Gasteiger partial charge in [0.05, 0.1) is 0 Å². The zero-order valence-corrected chi connectivity index (χ0v) is 12.7. The van der Waals surface area contributed by atoms with Gasteiger partial charge < -0.3 is 10.6 Å². The average Bonchev–Trinajstić information content (AvgIpc) is 2.62. The van der Waals surface area contributed by atoms with E-state index in [9.17, 15) is 4.79 Å². The molecule has 1 aliphatic carbocycles. The number of carbonyl (C=O) groups excluding carboxylic acids is 1. The molecule has 3 nitrogen and oxygen atoms in total. The van der Waals surface area contributed by atoms with Gasteiger partial charge >= 0.3 is 0 Å². The van der Waals surface area contributed by atoms with E-state index in [0.29, 0.717) is 12.0 Å². The minimum Gasteiger partial charge on any atom is -0.356 e. The van der Waals surface area contributed by atoms with E-state index >= 15 is 0 Å². The van der Waals surface area contributed by atoms with E-state index in [1.807, 2.05) is 0 Å². The van der Waals surface area contributed by atoms with Gasteiger partial charge in [0.1, 0.15) is 0 Å². The maximum atomic E-state index is 12.0. The molecule has 0 aliphatic heterocycles. The molecule has 2 N–H and O–H groups in total. The molecule has 1 amide bonds. The quantitative estimate of drug-likeness (QED) is 0.792. The largest absolute Gasteiger partial charge is 0.356 e. The van der Waals surface area contributed by atoms with Crippen molar-refractivity contribution in [3.05, 3.63) is 0 Å². The second-order valence-electron chi connectivity index (χ2n) is 7.07. The molecule has 0 heterocycles. The van der Waals surface area contributed by atoms with Crippen molar-refractivity contribution in [3.63, 3.8) is 0 Å². The van der Waals surface area contributed by atoms with Crippen molar-refractivity contribution in [3.8, 4) is 0 Å². The molecule has 1 aliphatic rings. The van der Waals surface area contributed by atoms with Crippen LogP contribution in [-0.2, 0) is 4.79 Å². The summed E-state index contributed by atoms with van der Waals surface area (Å²) >= 11 is 0. The lowest BCUT2D eigenvalue weighted by atomic mass is 10.0. The van der Waals surface area contributed by atoms with Gasteiger partial charge in [-0.05, 0) is 52.4 Å². The molecule has 0 spiro atoms. The van der Waals surface area contributed by atoms with E-state index in [1.54, 1.807) is 0 Å². The number of nitrogens with one attached hydrogen (secondary N) is 2. The summed E-state index contributed by atoms with van der Waals surface area (Å²) in [5.74, 6) is 1.13. The molecule has 0 radical (unpaired) electrons. The molecule has 0 unspecified atom stereocenters. The molecule has 0 aromatic heterocycles. The third kappa shape index (κ3) is 5.85. The van der Waals surface area contributed by atoms with Gasteiger partial charge in [-0.2, -0.15) is 0 Å². The van der Waals surface area contributed by atoms with Gasteiger partial charge in [0.25, 0.3) is 0 Å². The van der Waals surface area contributed by atoms with Crippen LogP contribution in [0.3, 0.4) is 0 Å². The average molecular weight is 254 g/mol. The SMILES string of the molecule is CC(C)CCNC(=O)[C@@H]1CC[C@@H](NC(C)(C)C)C1. The fraction of sp³-hybridized carbons (Fsp3) is 0.933. The third-order valence-corrected chi connectivity index (χ3v) is 3.46. The van der Waals surface area contributed by atoms with Crippen LogP contribution >= 0.6 is 0 Å². The van der Waals surface area contributed by atoms with Gasteiger partial charge in [-0.1, -0.05) is 13.8 Å². The van der Waals surface area contributed by atoms with Crippen LogP contribution < -0.4 is 10.6 Å². The van der Waals surface area contributed by atoms with Crippen LogP contribution in [0, 0.1) is 11.8 Å². The fourth-order valence-electron chi connectivity index (χ4n) is 2.59. The Morgan fingerprint density at radius 3 is 2.50 bits per heavy atom. The van der Waals surface area contributed by atoms with Crippen molar-refractivity contribution in [2.45, 2.75) is 71.9 Å². The summed E-state index contributed by atoms with van der Waals surface area (Å²) in [4.78, 5) is 12.0. The maximum absolute atomic E-state index is 12.0. The molecule has 1 saturated carbocycles. The Balaban J connectivity index is 2.26. The van der Waals surface area contributed by atoms with Gasteiger partial charge in [-0.3, -0.25) is 4.79 Å². The molecule has 106 valence electrons. The van der Waals surface area contributed by atoms with Crippen molar-refractivity contribution < 1.29 is 4.79 Å². The van der Waals surface area contributed by atoms with Crippen LogP contribution in [0.15, 0.2) is 0 Å². The van der Waals surface area contributed by atoms with Crippen molar-refractivity contribution in [1.82, 2.24) is 10.6 Å². The molecule has 18 heavy (non-hydrogen) atoms. The summed E-state index contributed by atoms with van der Waals surface area (Å²) in [5.41, 5.74) is 0.147. The smallest absolute Gasteiger partial charge is 0.223 e. The van der Waals surface area contributed by atoms with Crippen LogP contribution in [0.2, 0.25) is 0 Å². The number of hydrogen-bond donors (Lipinski definition) is 2. The third-order valence-electron chi connectivity index (χ3n) is 3.46. The highest BCUT2D eigenvalue weighted by molar-refractivity contribution is 5.78. The van der Waals surface area contributed by atoms with E-state index in [0.717, 1.165) is 32.2 Å². The lowest BCUT2D eigenvalue weighted by Crippen LogP contribution is -2.42. The highest BCUT2D eigenvalue weighted by Crippen LogP contribution is 2.27. The predicted octanol–water partition coefficient (Wildman–Crippen LogP) is 2.71. The first-order chi connectivity index (χ1) is 8.28. The van der Waals surface area contributed by atoms with Crippen molar-refractivity contribution >= 4 is 5.91 Å². The summed E-state index contributed by atoms with van der Waals surface area (Å²) in [6.45, 7) is 11.7. The van der Waals surface area contributed by atoms with Gasteiger partial charge in [-0.15, -0.1) is 0 Å². The first-order valence-electron chi connectivity index (χ1n) is 7.33. The van der Waals surface area contributed by atoms with Crippen molar-refractivity contribution in [2.75, 3.05) is 6.54 Å². The standard InChI is InChI=1S/C15H30N2O/c1-11(2)8-9-16-14(18)12-6-7-13(10-12)17-15(3,4)5/h11-13,17H,6-10H2,1-5H3,(H,16,18)/t12-,13-/m1/s1. The lowest BCUT2D eigenvalue weighted by Gasteiger charge is -2.25. The minimum atomic E-state index is 0.147. The Morgan fingerprint density at radius 2 is 1.94 bits per heavy atom. The summed E-state index contributed by atoms with van der Waals surface area (Å²) < 4.78 is 0. The Labute approximate surface area is 112 Å². The Bertz CT molecular complexity index is 268. The molecule has 1 fully saturated rings. The highest BCUT2D eigenvalue weighted by atomic mass is 16.1. The van der Waals surface area contributed by atoms with Crippen LogP contribution in [-0.4, -0.2) is 24.0 Å². The lowest BCUT2D eigenvalue weighted by molar-refractivity contribution is -0.124. The summed E-state index contributed by atoms with van der Waals surface area (Å²) in [5, 5.41) is 6.67. The minimum absolute atomic E-state index is 0.147. The topological polar surface area (TPSA) is 41.1 Å². The number of carbonyl (C=O) groups is 1. The van der Waals surface area contributed by atoms with E-state index in [2.05, 4.69) is 45.3 Å². The zero-order chi connectivity index (χ0) is 13.8. The molecule has 0 saturated heterocycles. The maximum Gasteiger partial charge on any atom is 0.223 e. The van der Waals surface area contributed by atoms with E-state index in [-0.39, 0.29) is 17.4 Å². The summed E-state index contributed by atoms with van der Waals surface area (Å²) in [6, 6.07) is 0.505. The van der Waals surface area contributed by atoms with E-state index in [1.165, 1.54) is 0 Å². The molecule has 0 bridgehead atoms. The van der Waals surface area contributed by atoms with Crippen molar-refractivity contribution in [2.24, 2.45) is 11.8 Å². The molecule has 3 heteroatoms. The van der Waals surface area contributed by atoms with Gasteiger partial charge in [0, 0.05) is 24.0 Å². The first kappa shape index (κ1) is 15.5. The Morgan fingerprint density at radius 1 is 1.28 bits per heavy atom. The second kappa shape index (κ2) is 6.55. The fourth-order valence-corrected chi connectivity index (χ4v) is 2.59. The molecule has 1 rings (SSSR count). The van der Waals surface area contributed by atoms with Crippen LogP contribution in [0.5, 0.6) is 0 Å². The summed E-state index contributed by atoms with van der Waals surface area (Å²) in [6.07, 6.45) is 4.22. The van der Waals surface area contributed by atoms with Gasteiger partial charge in [0.2, 0.25) is 5.91 Å². The normalized spacial score (nSPS) is 24.6. The molecular weight excluding hydrogens is 224 g/mol. The molecule has 2 atom stereocenters. The van der Waals surface area contributed by atoms with E-state index < -0.39 is 0 Å². The molecular formula is C15H30N2O. The van der Waals surface area contributed by atoms with E-state index in [4.69, 9.17) is 0 Å². The first-order valence-corrected chi connectivity index (χ1v) is 7.33. The summed E-state index contributed by atoms with van der Waals surface area (Å²) in [7, 11) is 0. The second-order valence-corrected chi connectivity index (χ2v) is 7.07. The number of rotatable bonds is 5. The van der Waals surface area contributed by atoms with Crippen LogP contribution in [0.4, 0.5) is 0 Å². The molecule has 0 aromatic rings. The number of hydrogen-bond acceptors (Lipinski definition) is 2. The monoisotopic (exact) mass is 254 g/mol. The Kier molecular flexibility index (Phi) is 5.64. The number of amides is 1. The van der Waals surface area contributed by atoms with Crippen LogP contribution in [0.25, 0.3) is 0 Å². The van der Waals surface area contributed by atoms with Crippen LogP contribution in [0.1, 0.15) is 60.3 Å². The van der Waals surface area contributed by atoms with Gasteiger partial charge in [-0.25, -0.2) is 0 Å². The molecule has 0 aromatic carbocycles. The predicted molar refractivity (Wildman–Crippen MR) is 76.5 cm³/mol. The Hall–Kier alpha value is -0.570.